The van der Waals surface area contributed by atoms with Crippen molar-refractivity contribution in [1.82, 2.24) is 15.1 Å². The summed E-state index contributed by atoms with van der Waals surface area (Å²) in [5.74, 6) is -0.328. The van der Waals surface area contributed by atoms with Crippen molar-refractivity contribution in [3.63, 3.8) is 0 Å². The summed E-state index contributed by atoms with van der Waals surface area (Å²) in [6, 6.07) is 11.8. The molecule has 0 radical (unpaired) electrons. The first-order valence-electron chi connectivity index (χ1n) is 9.72. The molecule has 0 aliphatic rings. The molecule has 1 amide bonds. The monoisotopic (exact) mass is 426 g/mol. The molecule has 2 N–H and O–H groups in total. The van der Waals surface area contributed by atoms with Gasteiger partial charge in [0.25, 0.3) is 15.9 Å². The molecule has 0 fully saturated rings. The van der Waals surface area contributed by atoms with Gasteiger partial charge in [-0.1, -0.05) is 24.3 Å². The number of nitrogens with zero attached hydrogens (tertiary/aromatic N) is 2. The van der Waals surface area contributed by atoms with Crippen molar-refractivity contribution in [3.05, 3.63) is 77.1 Å². The third-order valence-corrected chi connectivity index (χ3v) is 6.17. The number of rotatable bonds is 8. The van der Waals surface area contributed by atoms with Gasteiger partial charge in [-0.25, -0.2) is 8.42 Å². The molecule has 2 aromatic carbocycles. The van der Waals surface area contributed by atoms with Crippen LogP contribution in [-0.2, 0) is 16.6 Å². The van der Waals surface area contributed by atoms with Crippen LogP contribution in [0.3, 0.4) is 0 Å². The Morgan fingerprint density at radius 3 is 2.57 bits per heavy atom. The van der Waals surface area contributed by atoms with Crippen LogP contribution in [0, 0.1) is 20.8 Å². The number of sulfonamides is 1. The molecule has 30 heavy (non-hydrogen) atoms. The molecule has 3 rings (SSSR count). The van der Waals surface area contributed by atoms with Crippen molar-refractivity contribution in [2.24, 2.45) is 0 Å². The molecular formula is C22H26N4O3S. The second-order valence-electron chi connectivity index (χ2n) is 7.31. The molecular weight excluding hydrogens is 400 g/mol. The minimum atomic E-state index is -3.82. The van der Waals surface area contributed by atoms with E-state index in [1.54, 1.807) is 49.5 Å². The molecule has 7 nitrogen and oxygen atoms in total. The molecule has 0 spiro atoms. The number of nitrogens with one attached hydrogen (secondary N) is 2. The van der Waals surface area contributed by atoms with Crippen LogP contribution in [-0.4, -0.2) is 30.7 Å². The maximum Gasteiger partial charge on any atom is 0.262 e. The molecule has 0 aliphatic carbocycles. The third-order valence-electron chi connectivity index (χ3n) is 4.66. The average Bonchev–Trinajstić information content (AvgIpc) is 3.12. The number of anilines is 1. The van der Waals surface area contributed by atoms with Gasteiger partial charge >= 0.3 is 0 Å². The highest BCUT2D eigenvalue weighted by Crippen LogP contribution is 2.23. The molecule has 0 aliphatic heterocycles. The average molecular weight is 427 g/mol. The third kappa shape index (κ3) is 5.27. The van der Waals surface area contributed by atoms with Gasteiger partial charge < -0.3 is 5.32 Å². The maximum absolute atomic E-state index is 12.9. The van der Waals surface area contributed by atoms with Gasteiger partial charge in [-0.15, -0.1) is 0 Å². The van der Waals surface area contributed by atoms with Gasteiger partial charge in [0.2, 0.25) is 0 Å². The Bertz CT molecular complexity index is 1150. The Labute approximate surface area is 177 Å². The number of aromatic nitrogens is 2. The van der Waals surface area contributed by atoms with E-state index in [2.05, 4.69) is 15.1 Å². The zero-order valence-electron chi connectivity index (χ0n) is 17.3. The molecule has 1 heterocycles. The van der Waals surface area contributed by atoms with Gasteiger partial charge in [0.1, 0.15) is 0 Å². The molecule has 8 heteroatoms. The molecule has 0 bridgehead atoms. The second kappa shape index (κ2) is 9.13. The minimum absolute atomic E-state index is 0.201. The van der Waals surface area contributed by atoms with Crippen molar-refractivity contribution >= 4 is 21.6 Å². The summed E-state index contributed by atoms with van der Waals surface area (Å²) in [6.07, 6.45) is 4.44. The van der Waals surface area contributed by atoms with E-state index in [9.17, 15) is 13.2 Å². The van der Waals surface area contributed by atoms with Crippen LogP contribution >= 0.6 is 0 Å². The lowest BCUT2D eigenvalue weighted by molar-refractivity contribution is 0.0953. The number of hydrogen-bond donors (Lipinski definition) is 2. The maximum atomic E-state index is 12.9. The molecule has 158 valence electrons. The first kappa shape index (κ1) is 21.6. The van der Waals surface area contributed by atoms with E-state index < -0.39 is 10.0 Å². The number of aryl methyl sites for hydroxylation is 4. The predicted molar refractivity (Wildman–Crippen MR) is 117 cm³/mol. The largest absolute Gasteiger partial charge is 0.352 e. The van der Waals surface area contributed by atoms with Crippen molar-refractivity contribution in [3.8, 4) is 0 Å². The van der Waals surface area contributed by atoms with Crippen LogP contribution in [0.4, 0.5) is 5.69 Å². The molecule has 0 atom stereocenters. The highest BCUT2D eigenvalue weighted by Gasteiger charge is 2.20. The number of para-hydroxylation sites is 1. The fourth-order valence-electron chi connectivity index (χ4n) is 3.09. The first-order valence-corrected chi connectivity index (χ1v) is 11.2. The van der Waals surface area contributed by atoms with Crippen LogP contribution in [0.15, 0.2) is 59.8 Å². The lowest BCUT2D eigenvalue weighted by Gasteiger charge is -2.14. The zero-order valence-corrected chi connectivity index (χ0v) is 18.2. The quantitative estimate of drug-likeness (QED) is 0.540. The van der Waals surface area contributed by atoms with Gasteiger partial charge in [0.15, 0.2) is 0 Å². The molecule has 0 unspecified atom stereocenters. The lowest BCUT2D eigenvalue weighted by atomic mass is 10.1. The van der Waals surface area contributed by atoms with E-state index in [4.69, 9.17) is 0 Å². The summed E-state index contributed by atoms with van der Waals surface area (Å²) in [5, 5.41) is 7.06. The van der Waals surface area contributed by atoms with Gasteiger partial charge in [-0.3, -0.25) is 14.2 Å². The van der Waals surface area contributed by atoms with E-state index in [-0.39, 0.29) is 22.1 Å². The highest BCUT2D eigenvalue weighted by molar-refractivity contribution is 7.92. The number of carbonyl (C=O) groups is 1. The first-order chi connectivity index (χ1) is 14.3. The van der Waals surface area contributed by atoms with Crippen LogP contribution in [0.5, 0.6) is 0 Å². The van der Waals surface area contributed by atoms with Crippen LogP contribution in [0.1, 0.15) is 33.5 Å². The standard InChI is InChI=1S/C22H26N4O3S/c1-16-9-10-18(3)21(13-16)30(28,29)25-20-8-5-4-7-19(20)22(27)23-11-6-12-26-15-17(2)14-24-26/h4-5,7-10,13-15,25H,6,11-12H2,1-3H3,(H,23,27). The topological polar surface area (TPSA) is 93.1 Å². The summed E-state index contributed by atoms with van der Waals surface area (Å²) in [7, 11) is -3.82. The number of hydrogen-bond acceptors (Lipinski definition) is 4. The number of amides is 1. The minimum Gasteiger partial charge on any atom is -0.352 e. The lowest BCUT2D eigenvalue weighted by Crippen LogP contribution is -2.27. The Balaban J connectivity index is 1.69. The molecule has 0 saturated carbocycles. The fourth-order valence-corrected chi connectivity index (χ4v) is 4.50. The van der Waals surface area contributed by atoms with Crippen molar-refractivity contribution in [1.29, 1.82) is 0 Å². The van der Waals surface area contributed by atoms with Crippen molar-refractivity contribution in [2.75, 3.05) is 11.3 Å². The van der Waals surface area contributed by atoms with Crippen LogP contribution < -0.4 is 10.0 Å². The Morgan fingerprint density at radius 1 is 1.07 bits per heavy atom. The second-order valence-corrected chi connectivity index (χ2v) is 8.96. The number of benzene rings is 2. The molecule has 3 aromatic rings. The van der Waals surface area contributed by atoms with Crippen LogP contribution in [0.2, 0.25) is 0 Å². The summed E-state index contributed by atoms with van der Waals surface area (Å²) >= 11 is 0. The van der Waals surface area contributed by atoms with Gasteiger partial charge in [0.05, 0.1) is 22.3 Å². The van der Waals surface area contributed by atoms with Gasteiger partial charge in [0, 0.05) is 19.3 Å². The van der Waals surface area contributed by atoms with Crippen molar-refractivity contribution in [2.45, 2.75) is 38.6 Å². The van der Waals surface area contributed by atoms with Crippen LogP contribution in [0.25, 0.3) is 0 Å². The smallest absolute Gasteiger partial charge is 0.262 e. The normalized spacial score (nSPS) is 11.3. The highest BCUT2D eigenvalue weighted by atomic mass is 32.2. The SMILES string of the molecule is Cc1ccc(C)c(S(=O)(=O)Nc2ccccc2C(=O)NCCCn2cc(C)cn2)c1. The summed E-state index contributed by atoms with van der Waals surface area (Å²) in [4.78, 5) is 12.9. The number of carbonyl (C=O) groups excluding carboxylic acids is 1. The summed E-state index contributed by atoms with van der Waals surface area (Å²) in [6.45, 7) is 6.70. The molecule has 1 aromatic heterocycles. The summed E-state index contributed by atoms with van der Waals surface area (Å²) < 4.78 is 30.2. The van der Waals surface area contributed by atoms with E-state index in [0.717, 1.165) is 11.1 Å². The fraction of sp³-hybridized carbons (Fsp3) is 0.273. The predicted octanol–water partition coefficient (Wildman–Crippen LogP) is 3.43. The van der Waals surface area contributed by atoms with E-state index in [1.807, 2.05) is 30.8 Å². The van der Waals surface area contributed by atoms with Gasteiger partial charge in [-0.05, 0) is 62.1 Å². The Hall–Kier alpha value is -3.13. The molecule has 0 saturated heterocycles. The summed E-state index contributed by atoms with van der Waals surface area (Å²) in [5.41, 5.74) is 3.10. The van der Waals surface area contributed by atoms with Gasteiger partial charge in [-0.2, -0.15) is 5.10 Å². The van der Waals surface area contributed by atoms with Crippen molar-refractivity contribution < 1.29 is 13.2 Å². The van der Waals surface area contributed by atoms with E-state index >= 15 is 0 Å². The Morgan fingerprint density at radius 2 is 1.83 bits per heavy atom. The van der Waals surface area contributed by atoms with E-state index in [0.29, 0.717) is 25.1 Å². The van der Waals surface area contributed by atoms with E-state index in [1.165, 1.54) is 0 Å². The Kier molecular flexibility index (Phi) is 6.56. The zero-order chi connectivity index (χ0) is 21.7.